The molecule has 0 unspecified atom stereocenters. The number of hydrogen-bond acceptors (Lipinski definition) is 3. The molecule has 24 heavy (non-hydrogen) atoms. The third-order valence-corrected chi connectivity index (χ3v) is 5.86. The van der Waals surface area contributed by atoms with Crippen LogP contribution >= 0.6 is 22.9 Å². The van der Waals surface area contributed by atoms with Crippen molar-refractivity contribution in [3.8, 4) is 0 Å². The maximum Gasteiger partial charge on any atom is 0.251 e. The molecular weight excluding hydrogens is 344 g/mol. The van der Waals surface area contributed by atoms with Crippen molar-refractivity contribution in [2.45, 2.75) is 32.6 Å². The topological polar surface area (TPSA) is 72.2 Å². The average molecular weight is 363 g/mol. The Kier molecular flexibility index (Phi) is 4.92. The Morgan fingerprint density at radius 1 is 1.38 bits per heavy atom. The standard InChI is InChI=1S/C18H19ClN2O2S/c1-10-6-7-12-14(8-10)24-18(16(12)17(20)23)21-15(22)9-11-4-2-3-5-13(11)19/h2-5,10H,6-9H2,1H3,(H2,20,23)(H,21,22)/t10-/m1/s1. The van der Waals surface area contributed by atoms with Gasteiger partial charge in [0.05, 0.1) is 12.0 Å². The number of amides is 2. The molecule has 1 atom stereocenters. The lowest BCUT2D eigenvalue weighted by atomic mass is 9.88. The lowest BCUT2D eigenvalue weighted by molar-refractivity contribution is -0.115. The smallest absolute Gasteiger partial charge is 0.251 e. The molecule has 0 bridgehead atoms. The third-order valence-electron chi connectivity index (χ3n) is 4.32. The van der Waals surface area contributed by atoms with Crippen molar-refractivity contribution in [2.24, 2.45) is 11.7 Å². The summed E-state index contributed by atoms with van der Waals surface area (Å²) in [7, 11) is 0. The third kappa shape index (κ3) is 3.47. The van der Waals surface area contributed by atoms with Crippen LogP contribution in [-0.4, -0.2) is 11.8 Å². The van der Waals surface area contributed by atoms with Gasteiger partial charge in [-0.3, -0.25) is 9.59 Å². The summed E-state index contributed by atoms with van der Waals surface area (Å²) in [6, 6.07) is 7.24. The van der Waals surface area contributed by atoms with Gasteiger partial charge in [0.2, 0.25) is 5.91 Å². The van der Waals surface area contributed by atoms with Crippen molar-refractivity contribution in [1.29, 1.82) is 0 Å². The fourth-order valence-corrected chi connectivity index (χ4v) is 4.72. The van der Waals surface area contributed by atoms with Crippen molar-refractivity contribution < 1.29 is 9.59 Å². The van der Waals surface area contributed by atoms with E-state index >= 15 is 0 Å². The predicted molar refractivity (Wildman–Crippen MR) is 97.8 cm³/mol. The second kappa shape index (κ2) is 6.95. The number of halogens is 1. The highest BCUT2D eigenvalue weighted by Gasteiger charge is 2.27. The first-order valence-corrected chi connectivity index (χ1v) is 9.12. The lowest BCUT2D eigenvalue weighted by Crippen LogP contribution is -2.20. The normalized spacial score (nSPS) is 16.5. The van der Waals surface area contributed by atoms with E-state index in [0.717, 1.165) is 35.3 Å². The van der Waals surface area contributed by atoms with Gasteiger partial charge in [0.25, 0.3) is 5.91 Å². The van der Waals surface area contributed by atoms with Crippen molar-refractivity contribution in [3.63, 3.8) is 0 Å². The van der Waals surface area contributed by atoms with E-state index in [-0.39, 0.29) is 12.3 Å². The van der Waals surface area contributed by atoms with E-state index in [2.05, 4.69) is 12.2 Å². The summed E-state index contributed by atoms with van der Waals surface area (Å²) >= 11 is 7.57. The highest BCUT2D eigenvalue weighted by Crippen LogP contribution is 2.39. The Balaban J connectivity index is 1.83. The van der Waals surface area contributed by atoms with E-state index in [1.54, 1.807) is 6.07 Å². The van der Waals surface area contributed by atoms with Crippen LogP contribution in [0.4, 0.5) is 5.00 Å². The largest absolute Gasteiger partial charge is 0.365 e. The summed E-state index contributed by atoms with van der Waals surface area (Å²) in [5.74, 6) is -0.0871. The Bertz CT molecular complexity index is 800. The Labute approximate surface area is 150 Å². The van der Waals surface area contributed by atoms with Gasteiger partial charge in [-0.05, 0) is 42.4 Å². The van der Waals surface area contributed by atoms with Gasteiger partial charge in [0.1, 0.15) is 5.00 Å². The van der Waals surface area contributed by atoms with Crippen molar-refractivity contribution in [1.82, 2.24) is 0 Å². The maximum absolute atomic E-state index is 12.4. The van der Waals surface area contributed by atoms with Gasteiger partial charge >= 0.3 is 0 Å². The second-order valence-corrected chi connectivity index (χ2v) is 7.75. The molecule has 4 nitrogen and oxygen atoms in total. The minimum Gasteiger partial charge on any atom is -0.365 e. The molecule has 0 saturated carbocycles. The predicted octanol–water partition coefficient (Wildman–Crippen LogP) is 3.81. The summed E-state index contributed by atoms with van der Waals surface area (Å²) < 4.78 is 0. The number of nitrogens with one attached hydrogen (secondary N) is 1. The van der Waals surface area contributed by atoms with Gasteiger partial charge in [-0.2, -0.15) is 0 Å². The van der Waals surface area contributed by atoms with E-state index in [0.29, 0.717) is 21.5 Å². The molecule has 0 fully saturated rings. The molecule has 1 heterocycles. The molecule has 0 spiro atoms. The Morgan fingerprint density at radius 3 is 2.83 bits per heavy atom. The molecule has 1 aliphatic carbocycles. The summed E-state index contributed by atoms with van der Waals surface area (Å²) in [4.78, 5) is 25.4. The van der Waals surface area contributed by atoms with Gasteiger partial charge in [0.15, 0.2) is 0 Å². The minimum atomic E-state index is -0.477. The molecule has 126 valence electrons. The van der Waals surface area contributed by atoms with Crippen LogP contribution in [0.15, 0.2) is 24.3 Å². The molecule has 3 N–H and O–H groups in total. The van der Waals surface area contributed by atoms with Gasteiger partial charge in [0, 0.05) is 9.90 Å². The van der Waals surface area contributed by atoms with E-state index < -0.39 is 5.91 Å². The Hall–Kier alpha value is -1.85. The zero-order chi connectivity index (χ0) is 17.3. The van der Waals surface area contributed by atoms with Crippen LogP contribution in [0.25, 0.3) is 0 Å². The van der Waals surface area contributed by atoms with E-state index in [9.17, 15) is 9.59 Å². The Morgan fingerprint density at radius 2 is 2.12 bits per heavy atom. The van der Waals surface area contributed by atoms with Crippen LogP contribution in [0.1, 0.15) is 39.7 Å². The zero-order valence-corrected chi connectivity index (χ0v) is 15.0. The van der Waals surface area contributed by atoms with Gasteiger partial charge in [-0.25, -0.2) is 0 Å². The van der Waals surface area contributed by atoms with Crippen LogP contribution in [0, 0.1) is 5.92 Å². The summed E-state index contributed by atoms with van der Waals surface area (Å²) in [6.07, 6.45) is 2.97. The first-order chi connectivity index (χ1) is 11.5. The molecule has 1 aromatic carbocycles. The average Bonchev–Trinajstić information content (AvgIpc) is 2.86. The second-order valence-electron chi connectivity index (χ2n) is 6.24. The van der Waals surface area contributed by atoms with Crippen LogP contribution in [0.3, 0.4) is 0 Å². The minimum absolute atomic E-state index is 0.164. The first-order valence-electron chi connectivity index (χ1n) is 7.93. The molecule has 1 aliphatic rings. The number of hydrogen-bond donors (Lipinski definition) is 2. The molecule has 0 saturated heterocycles. The van der Waals surface area contributed by atoms with Crippen LogP contribution < -0.4 is 11.1 Å². The summed E-state index contributed by atoms with van der Waals surface area (Å²) in [6.45, 7) is 2.20. The van der Waals surface area contributed by atoms with E-state index in [1.165, 1.54) is 11.3 Å². The number of benzene rings is 1. The summed E-state index contributed by atoms with van der Waals surface area (Å²) in [5.41, 5.74) is 7.82. The molecule has 0 radical (unpaired) electrons. The fourth-order valence-electron chi connectivity index (χ4n) is 3.09. The van der Waals surface area contributed by atoms with Gasteiger partial charge < -0.3 is 11.1 Å². The fraction of sp³-hybridized carbons (Fsp3) is 0.333. The molecule has 3 rings (SSSR count). The number of carbonyl (C=O) groups excluding carboxylic acids is 2. The highest BCUT2D eigenvalue weighted by atomic mass is 35.5. The lowest BCUT2D eigenvalue weighted by Gasteiger charge is -2.18. The highest BCUT2D eigenvalue weighted by molar-refractivity contribution is 7.17. The van der Waals surface area contributed by atoms with Gasteiger partial charge in [-0.15, -0.1) is 11.3 Å². The quantitative estimate of drug-likeness (QED) is 0.868. The van der Waals surface area contributed by atoms with Crippen LogP contribution in [-0.2, 0) is 24.1 Å². The van der Waals surface area contributed by atoms with Gasteiger partial charge in [-0.1, -0.05) is 36.7 Å². The van der Waals surface area contributed by atoms with Crippen LogP contribution in [0.5, 0.6) is 0 Å². The maximum atomic E-state index is 12.4. The molecule has 2 aromatic rings. The van der Waals surface area contributed by atoms with Crippen molar-refractivity contribution in [3.05, 3.63) is 50.9 Å². The number of anilines is 1. The molecule has 0 aliphatic heterocycles. The van der Waals surface area contributed by atoms with E-state index in [1.807, 2.05) is 18.2 Å². The molecule has 1 aromatic heterocycles. The van der Waals surface area contributed by atoms with E-state index in [4.69, 9.17) is 17.3 Å². The summed E-state index contributed by atoms with van der Waals surface area (Å²) in [5, 5.41) is 3.99. The molecule has 6 heteroatoms. The molecule has 2 amide bonds. The number of thiophene rings is 1. The van der Waals surface area contributed by atoms with Crippen LogP contribution in [0.2, 0.25) is 5.02 Å². The van der Waals surface area contributed by atoms with Crippen molar-refractivity contribution in [2.75, 3.05) is 5.32 Å². The monoisotopic (exact) mass is 362 g/mol. The first kappa shape index (κ1) is 17.0. The number of fused-ring (bicyclic) bond motifs is 1. The molecular formula is C18H19ClN2O2S. The number of rotatable bonds is 4. The number of carbonyl (C=O) groups is 2. The zero-order valence-electron chi connectivity index (χ0n) is 13.4. The SMILES string of the molecule is C[C@@H]1CCc2c(sc(NC(=O)Cc3ccccc3Cl)c2C(N)=O)C1. The number of primary amides is 1. The van der Waals surface area contributed by atoms with Crippen molar-refractivity contribution >= 4 is 39.8 Å². The number of nitrogens with two attached hydrogens (primary N) is 1.